The Balaban J connectivity index is 1.83. The molecule has 0 aromatic carbocycles. The number of unbranched alkanes of at least 4 members (excludes halogenated alkanes) is 1. The number of hydrogen-bond donors (Lipinski definition) is 0. The molecular weight excluding hydrogens is 218 g/mol. The summed E-state index contributed by atoms with van der Waals surface area (Å²) in [6.07, 6.45) is 4.81. The highest BCUT2D eigenvalue weighted by Gasteiger charge is 2.49. The van der Waals surface area contributed by atoms with Crippen molar-refractivity contribution in [2.45, 2.75) is 45.4 Å². The van der Waals surface area contributed by atoms with Gasteiger partial charge < -0.3 is 4.79 Å². The number of carbonyl (C=O) groups excluding carboxylic acids is 3. The lowest BCUT2D eigenvalue weighted by Crippen LogP contribution is -2.32. The summed E-state index contributed by atoms with van der Waals surface area (Å²) in [4.78, 5) is 36.1. The lowest BCUT2D eigenvalue weighted by molar-refractivity contribution is -0.140. The van der Waals surface area contributed by atoms with Crippen molar-refractivity contribution in [3.05, 3.63) is 0 Å². The van der Waals surface area contributed by atoms with E-state index in [2.05, 4.69) is 0 Å². The molecule has 2 fully saturated rings. The number of imide groups is 1. The van der Waals surface area contributed by atoms with Gasteiger partial charge in [-0.15, -0.1) is 0 Å². The molecule has 4 heteroatoms. The average Bonchev–Trinajstić information content (AvgIpc) is 2.82. The minimum Gasteiger partial charge on any atom is -0.300 e. The fourth-order valence-corrected chi connectivity index (χ4v) is 2.92. The largest absolute Gasteiger partial charge is 0.300 e. The zero-order chi connectivity index (χ0) is 12.4. The smallest absolute Gasteiger partial charge is 0.233 e. The number of rotatable bonds is 5. The third kappa shape index (κ3) is 2.40. The van der Waals surface area contributed by atoms with Crippen molar-refractivity contribution >= 4 is 17.6 Å². The molecule has 0 radical (unpaired) electrons. The minimum absolute atomic E-state index is 0.0281. The first-order valence-corrected chi connectivity index (χ1v) is 6.46. The van der Waals surface area contributed by atoms with Crippen molar-refractivity contribution in [1.29, 1.82) is 0 Å². The van der Waals surface area contributed by atoms with Crippen molar-refractivity contribution < 1.29 is 14.4 Å². The van der Waals surface area contributed by atoms with Gasteiger partial charge >= 0.3 is 0 Å². The maximum absolute atomic E-state index is 12.0. The molecule has 2 aliphatic rings. The molecule has 1 aliphatic carbocycles. The molecule has 94 valence electrons. The zero-order valence-electron chi connectivity index (χ0n) is 10.3. The molecule has 4 nitrogen and oxygen atoms in total. The predicted molar refractivity (Wildman–Crippen MR) is 62.1 cm³/mol. The molecule has 1 aliphatic heterocycles. The van der Waals surface area contributed by atoms with Crippen molar-refractivity contribution in [2.75, 3.05) is 6.54 Å². The summed E-state index contributed by atoms with van der Waals surface area (Å²) >= 11 is 0. The number of carbonyl (C=O) groups is 3. The number of fused-ring (bicyclic) bond motifs is 1. The first-order chi connectivity index (χ1) is 8.11. The van der Waals surface area contributed by atoms with Crippen LogP contribution in [0.25, 0.3) is 0 Å². The summed E-state index contributed by atoms with van der Waals surface area (Å²) in [7, 11) is 0. The summed E-state index contributed by atoms with van der Waals surface area (Å²) in [6, 6.07) is 0. The Kier molecular flexibility index (Phi) is 3.60. The van der Waals surface area contributed by atoms with E-state index in [1.54, 1.807) is 6.92 Å². The lowest BCUT2D eigenvalue weighted by Gasteiger charge is -2.15. The predicted octanol–water partition coefficient (Wildman–Crippen LogP) is 1.53. The van der Waals surface area contributed by atoms with Gasteiger partial charge in [0.05, 0.1) is 11.8 Å². The Hall–Kier alpha value is -1.19. The van der Waals surface area contributed by atoms with Gasteiger partial charge in [0, 0.05) is 13.0 Å². The molecule has 2 rings (SSSR count). The van der Waals surface area contributed by atoms with Crippen LogP contribution < -0.4 is 0 Å². The average molecular weight is 237 g/mol. The lowest BCUT2D eigenvalue weighted by atomic mass is 10.00. The van der Waals surface area contributed by atoms with Crippen molar-refractivity contribution in [3.63, 3.8) is 0 Å². The molecule has 0 bridgehead atoms. The molecule has 0 aromatic heterocycles. The van der Waals surface area contributed by atoms with E-state index < -0.39 is 0 Å². The Morgan fingerprint density at radius 1 is 1.18 bits per heavy atom. The number of Topliss-reactive ketones (excluding diaryl/α,β-unsaturated/α-hetero) is 1. The van der Waals surface area contributed by atoms with Crippen molar-refractivity contribution in [1.82, 2.24) is 4.90 Å². The van der Waals surface area contributed by atoms with Crippen molar-refractivity contribution in [3.8, 4) is 0 Å². The van der Waals surface area contributed by atoms with E-state index in [1.165, 1.54) is 4.90 Å². The van der Waals surface area contributed by atoms with Gasteiger partial charge in [-0.1, -0.05) is 6.42 Å². The Morgan fingerprint density at radius 2 is 1.76 bits per heavy atom. The maximum atomic E-state index is 12.0. The number of nitrogens with zero attached hydrogens (tertiary/aromatic N) is 1. The molecule has 2 unspecified atom stereocenters. The van der Waals surface area contributed by atoms with Crippen LogP contribution in [-0.4, -0.2) is 29.0 Å². The zero-order valence-corrected chi connectivity index (χ0v) is 10.3. The summed E-state index contributed by atoms with van der Waals surface area (Å²) in [6.45, 7) is 2.06. The topological polar surface area (TPSA) is 54.5 Å². The van der Waals surface area contributed by atoms with Gasteiger partial charge in [0.2, 0.25) is 11.8 Å². The highest BCUT2D eigenvalue weighted by atomic mass is 16.2. The molecule has 0 N–H and O–H groups in total. The minimum atomic E-state index is -0.0321. The highest BCUT2D eigenvalue weighted by Crippen LogP contribution is 2.39. The second kappa shape index (κ2) is 4.98. The SMILES string of the molecule is CC(=O)CCCCN1C(=O)C2CCCC2C1=O. The van der Waals surface area contributed by atoms with Gasteiger partial charge in [0.15, 0.2) is 0 Å². The van der Waals surface area contributed by atoms with Crippen LogP contribution in [0.1, 0.15) is 45.4 Å². The third-order valence-corrected chi connectivity index (χ3v) is 3.84. The van der Waals surface area contributed by atoms with Crippen LogP contribution in [0.2, 0.25) is 0 Å². The molecule has 2 atom stereocenters. The number of ketones is 1. The molecule has 0 spiro atoms. The van der Waals surface area contributed by atoms with E-state index in [0.717, 1.165) is 32.1 Å². The molecule has 17 heavy (non-hydrogen) atoms. The van der Waals surface area contributed by atoms with Gasteiger partial charge in [-0.05, 0) is 32.6 Å². The second-order valence-electron chi connectivity index (χ2n) is 5.13. The van der Waals surface area contributed by atoms with Crippen molar-refractivity contribution in [2.24, 2.45) is 11.8 Å². The van der Waals surface area contributed by atoms with E-state index >= 15 is 0 Å². The standard InChI is InChI=1S/C13H19NO3/c1-9(15)5-2-3-8-14-12(16)10-6-4-7-11(10)13(14)17/h10-11H,2-8H2,1H3. The third-order valence-electron chi connectivity index (χ3n) is 3.84. The van der Waals surface area contributed by atoms with Gasteiger partial charge in [-0.3, -0.25) is 14.5 Å². The molecule has 2 amide bonds. The summed E-state index contributed by atoms with van der Waals surface area (Å²) in [5.74, 6) is 0.159. The normalized spacial score (nSPS) is 27.7. The van der Waals surface area contributed by atoms with Crippen LogP contribution in [-0.2, 0) is 14.4 Å². The van der Waals surface area contributed by atoms with Crippen LogP contribution in [0.15, 0.2) is 0 Å². The summed E-state index contributed by atoms with van der Waals surface area (Å²) in [5, 5.41) is 0. The monoisotopic (exact) mass is 237 g/mol. The van der Waals surface area contributed by atoms with Crippen LogP contribution in [0, 0.1) is 11.8 Å². The molecule has 1 heterocycles. The van der Waals surface area contributed by atoms with Gasteiger partial charge in [-0.25, -0.2) is 0 Å². The van der Waals surface area contributed by atoms with E-state index in [9.17, 15) is 14.4 Å². The van der Waals surface area contributed by atoms with Crippen LogP contribution in [0.4, 0.5) is 0 Å². The molecular formula is C13H19NO3. The molecule has 1 saturated carbocycles. The first-order valence-electron chi connectivity index (χ1n) is 6.46. The Morgan fingerprint density at radius 3 is 2.29 bits per heavy atom. The van der Waals surface area contributed by atoms with E-state index in [0.29, 0.717) is 13.0 Å². The fourth-order valence-electron chi connectivity index (χ4n) is 2.92. The molecule has 0 aromatic rings. The van der Waals surface area contributed by atoms with E-state index in [-0.39, 0.29) is 29.4 Å². The Labute approximate surface area is 101 Å². The molecule has 1 saturated heterocycles. The van der Waals surface area contributed by atoms with Gasteiger partial charge in [0.1, 0.15) is 5.78 Å². The van der Waals surface area contributed by atoms with Gasteiger partial charge in [0.25, 0.3) is 0 Å². The summed E-state index contributed by atoms with van der Waals surface area (Å²) in [5.41, 5.74) is 0. The maximum Gasteiger partial charge on any atom is 0.233 e. The second-order valence-corrected chi connectivity index (χ2v) is 5.13. The number of amides is 2. The summed E-state index contributed by atoms with van der Waals surface area (Å²) < 4.78 is 0. The fraction of sp³-hybridized carbons (Fsp3) is 0.769. The van der Waals surface area contributed by atoms with Crippen LogP contribution in [0.3, 0.4) is 0 Å². The van der Waals surface area contributed by atoms with Gasteiger partial charge in [-0.2, -0.15) is 0 Å². The van der Waals surface area contributed by atoms with E-state index in [1.807, 2.05) is 0 Å². The Bertz CT molecular complexity index is 329. The van der Waals surface area contributed by atoms with E-state index in [4.69, 9.17) is 0 Å². The van der Waals surface area contributed by atoms with Crippen LogP contribution >= 0.6 is 0 Å². The van der Waals surface area contributed by atoms with Crippen LogP contribution in [0.5, 0.6) is 0 Å². The first kappa shape index (κ1) is 12.3. The quantitative estimate of drug-likeness (QED) is 0.538. The number of likely N-dealkylation sites (tertiary alicyclic amines) is 1. The number of hydrogen-bond acceptors (Lipinski definition) is 3. The highest BCUT2D eigenvalue weighted by molar-refractivity contribution is 6.05.